The molecule has 45 heteroatoms. The lowest BCUT2D eigenvalue weighted by molar-refractivity contribution is -0.321. The molecule has 0 aromatic heterocycles. The number of aryl methyl sites for hydroxylation is 1. The second kappa shape index (κ2) is 45.9. The number of hydrogen-bond acceptors (Lipinski definition) is 30. The van der Waals surface area contributed by atoms with Crippen LogP contribution < -0.4 is 20.3 Å². The van der Waals surface area contributed by atoms with Crippen LogP contribution in [0.1, 0.15) is 100 Å². The molecule has 10 rings (SSSR count). The van der Waals surface area contributed by atoms with Crippen LogP contribution in [0.3, 0.4) is 0 Å². The number of aliphatic hydroxyl groups excluding tert-OH is 4. The minimum Gasteiger partial charge on any atom is -0.480 e. The molecule has 0 radical (unpaired) electrons. The number of rotatable bonds is 43. The zero-order chi connectivity index (χ0) is 101. The SMILES string of the molecule is CCN(COCC(=O)[C@@]12O[C@H](/C=C/C3CCC3)O[C@@H]1C[C@H]1[C@@H]3CCC4=CC(=O)C=C[C@]4(C)[C@H]3[C@@H](O)C[C@@]12C)C(=O)OCc1ccc(O[C@@H]2O[C@H](OC=O)[C@@H](O)[C@H](O)[C@H]2O)c(NC(=O)CCNC(=O)CCc2ccc(N3C(=O)C=CC3=O)cc2C(=O)N(C)CC(=O)N(C)CC(=O)N(C)CC(=O)N(C)CC(=O)N(C)CC(=O)N(C)CC(=O)N(C)CC(=O)N(C)CC(=O)N(C)CC(=O)N(C)CC(=O)O)c1. The second-order valence-corrected chi connectivity index (χ2v) is 36.3. The summed E-state index contributed by atoms with van der Waals surface area (Å²) in [6.07, 6.45) is 2.44. The number of hydrogen-bond donors (Lipinski definition) is 7. The van der Waals surface area contributed by atoms with E-state index in [0.717, 1.165) is 90.9 Å². The first kappa shape index (κ1) is 106. The maximum atomic E-state index is 15.2. The average Bonchev–Trinajstić information content (AvgIpc) is 1.51. The predicted octanol–water partition coefficient (Wildman–Crippen LogP) is -1.98. The number of nitrogens with zero attached hydrogens (tertiary/aromatic N) is 12. The molecule has 4 saturated carbocycles. The molecular formula is C92H122N14O31. The Bertz CT molecular complexity index is 5100. The summed E-state index contributed by atoms with van der Waals surface area (Å²) in [6, 6.07) is 8.00. The van der Waals surface area contributed by atoms with E-state index in [4.69, 9.17) is 38.3 Å². The normalized spacial score (nSPS) is 24.4. The van der Waals surface area contributed by atoms with Gasteiger partial charge in [0.1, 0.15) is 50.6 Å². The zero-order valence-electron chi connectivity index (χ0n) is 78.9. The van der Waals surface area contributed by atoms with Crippen molar-refractivity contribution in [3.63, 3.8) is 0 Å². The summed E-state index contributed by atoms with van der Waals surface area (Å²) < 4.78 is 41.6. The predicted molar refractivity (Wildman–Crippen MR) is 478 cm³/mol. The molecule has 14 atom stereocenters. The van der Waals surface area contributed by atoms with Crippen molar-refractivity contribution in [3.05, 3.63) is 101 Å². The van der Waals surface area contributed by atoms with Crippen LogP contribution in [0.5, 0.6) is 5.75 Å². The number of carbonyl (C=O) groups is 19. The van der Waals surface area contributed by atoms with Gasteiger partial charge in [0.2, 0.25) is 77.6 Å². The van der Waals surface area contributed by atoms with E-state index in [2.05, 4.69) is 23.6 Å². The van der Waals surface area contributed by atoms with E-state index in [-0.39, 0.29) is 96.2 Å². The third-order valence-corrected chi connectivity index (χ3v) is 26.7. The molecule has 137 heavy (non-hydrogen) atoms. The number of likely N-dealkylation sites (N-methyl/N-ethyl adjacent to an activating group) is 10. The number of Topliss-reactive ketones (excluding diaryl/α,β-unsaturated/α-hetero) is 1. The van der Waals surface area contributed by atoms with Crippen molar-refractivity contribution in [1.29, 1.82) is 0 Å². The van der Waals surface area contributed by atoms with Gasteiger partial charge in [0.15, 0.2) is 23.5 Å². The summed E-state index contributed by atoms with van der Waals surface area (Å²) in [5.74, 6) is -12.2. The highest BCUT2D eigenvalue weighted by Gasteiger charge is 2.76. The summed E-state index contributed by atoms with van der Waals surface area (Å²) in [6.45, 7) is -1.66. The fourth-order valence-corrected chi connectivity index (χ4v) is 18.3. The molecule has 6 fully saturated rings. The number of amides is 15. The van der Waals surface area contributed by atoms with E-state index < -0.39 is 258 Å². The first-order chi connectivity index (χ1) is 64.6. The lowest BCUT2D eigenvalue weighted by Gasteiger charge is -2.59. The number of anilines is 2. The van der Waals surface area contributed by atoms with Gasteiger partial charge in [-0.2, -0.15) is 0 Å². The maximum Gasteiger partial charge on any atom is 0.411 e. The summed E-state index contributed by atoms with van der Waals surface area (Å²) in [5.41, 5.74) is -1.99. The number of carbonyl (C=O) groups excluding carboxylic acids is 18. The van der Waals surface area contributed by atoms with Crippen LogP contribution >= 0.6 is 0 Å². The zero-order valence-corrected chi connectivity index (χ0v) is 78.9. The van der Waals surface area contributed by atoms with Crippen LogP contribution in [0.25, 0.3) is 0 Å². The van der Waals surface area contributed by atoms with E-state index in [9.17, 15) is 107 Å². The minimum absolute atomic E-state index is 0.0331. The van der Waals surface area contributed by atoms with Crippen molar-refractivity contribution in [2.45, 2.75) is 147 Å². The third kappa shape index (κ3) is 25.2. The molecular weight excluding hydrogens is 1800 g/mol. The first-order valence-corrected chi connectivity index (χ1v) is 44.8. The second-order valence-electron chi connectivity index (χ2n) is 36.3. The van der Waals surface area contributed by atoms with E-state index in [1.54, 1.807) is 19.1 Å². The fourth-order valence-electron chi connectivity index (χ4n) is 18.3. The summed E-state index contributed by atoms with van der Waals surface area (Å²) in [7, 11) is 12.7. The summed E-state index contributed by atoms with van der Waals surface area (Å²) >= 11 is 0. The van der Waals surface area contributed by atoms with Crippen LogP contribution in [0.2, 0.25) is 0 Å². The van der Waals surface area contributed by atoms with Crippen LogP contribution in [-0.2, 0) is 123 Å². The van der Waals surface area contributed by atoms with Crippen molar-refractivity contribution in [1.82, 2.24) is 59.2 Å². The molecule has 0 unspecified atom stereocenters. The molecule has 2 aromatic carbocycles. The number of aliphatic carboxylic acids is 1. The Morgan fingerprint density at radius 2 is 1.12 bits per heavy atom. The topological polar surface area (TPSA) is 553 Å². The van der Waals surface area contributed by atoms with Crippen LogP contribution in [0, 0.1) is 34.5 Å². The highest BCUT2D eigenvalue weighted by atomic mass is 16.8. The highest BCUT2D eigenvalue weighted by molar-refractivity contribution is 6.28. The van der Waals surface area contributed by atoms with Gasteiger partial charge in [0.25, 0.3) is 24.2 Å². The van der Waals surface area contributed by atoms with Gasteiger partial charge in [-0.05, 0) is 123 Å². The number of benzene rings is 2. The van der Waals surface area contributed by atoms with E-state index >= 15 is 4.79 Å². The van der Waals surface area contributed by atoms with E-state index in [0.29, 0.717) is 25.2 Å². The van der Waals surface area contributed by atoms with Gasteiger partial charge in [-0.15, -0.1) is 0 Å². The molecule has 3 aliphatic heterocycles. The number of fused-ring (bicyclic) bond motifs is 7. The molecule has 8 aliphatic rings. The standard InChI is InChI=1S/C92H122N14O31/c1-14-105(51-131-50-65(110)92-66(135-81(137-92)29-19-53-16-15-17-53)37-61-59-24-22-56-35-58(108)30-32-90(56,2)82(59)63(109)38-91(61,92)3)89(130)132-49-54-18-25-64(134-88-85(128)83(126)84(127)87(136-88)133-52-107)62(34-54)94-68(112)31-33-93-67(111)26-21-55-20-23-57(106-69(113)27-28-70(106)114)36-60(55)86(129)104(13)47-79(123)102(11)45-77(121)100(9)43-75(119)98(7)41-73(117)96(5)39-71(115)95(4)40-72(116)97(6)42-74(118)99(8)44-76(120)101(10)46-78(122)103(12)48-80(124)125/h18-20,23,25,27-30,32,34-36,52-53,59,61,63,66,81-85,87-88,109,126-128H,14-17,21-22,24,26,31,33,37-51H2,1-13H3,(H,93,111)(H,94,112)(H,124,125)/b29-19+/t59-,61-,63-,66+,81+,82+,83-,84-,85+,87-,88+,90-,91-,92+/m0/s1. The molecule has 0 spiro atoms. The molecule has 746 valence electrons. The molecule has 7 N–H and O–H groups in total. The molecule has 3 heterocycles. The van der Waals surface area contributed by atoms with Crippen LogP contribution in [0.15, 0.2) is 84.5 Å². The van der Waals surface area contributed by atoms with Gasteiger partial charge in [0, 0.05) is 131 Å². The van der Waals surface area contributed by atoms with Crippen molar-refractivity contribution < 1.29 is 150 Å². The number of carboxylic acids is 1. The highest BCUT2D eigenvalue weighted by Crippen LogP contribution is 2.70. The van der Waals surface area contributed by atoms with Crippen molar-refractivity contribution >= 4 is 124 Å². The number of aliphatic hydroxyl groups is 4. The Labute approximate surface area is 790 Å². The fraction of sp³-hybridized carbons (Fsp3) is 0.576. The van der Waals surface area contributed by atoms with Gasteiger partial charge >= 0.3 is 12.1 Å². The monoisotopic (exact) mass is 1920 g/mol. The maximum absolute atomic E-state index is 15.2. The van der Waals surface area contributed by atoms with Crippen molar-refractivity contribution in [2.24, 2.45) is 34.5 Å². The molecule has 45 nitrogen and oxygen atoms in total. The molecule has 0 bridgehead atoms. The number of nitrogens with one attached hydrogen (secondary N) is 2. The largest absolute Gasteiger partial charge is 0.480 e. The quantitative estimate of drug-likeness (QED) is 0.0164. The number of ether oxygens (including phenoxy) is 7. The minimum atomic E-state index is -1.98. The van der Waals surface area contributed by atoms with Gasteiger partial charge in [-0.3, -0.25) is 95.9 Å². The molecule has 15 amide bonds. The van der Waals surface area contributed by atoms with Gasteiger partial charge in [-0.1, -0.05) is 50.1 Å². The van der Waals surface area contributed by atoms with E-state index in [1.165, 1.54) is 112 Å². The molecule has 2 saturated heterocycles. The Morgan fingerprint density at radius 1 is 0.599 bits per heavy atom. The van der Waals surface area contributed by atoms with Gasteiger partial charge in [-0.25, -0.2) is 9.69 Å². The Morgan fingerprint density at radius 3 is 1.64 bits per heavy atom. The Balaban J connectivity index is 0.701. The number of carboxylic acid groups (broad SMARTS) is 1. The smallest absolute Gasteiger partial charge is 0.411 e. The first-order valence-electron chi connectivity index (χ1n) is 44.8. The number of ketones is 2. The lowest BCUT2D eigenvalue weighted by atomic mass is 9.46. The summed E-state index contributed by atoms with van der Waals surface area (Å²) in [5, 5.41) is 58.7. The Hall–Kier alpha value is -12.8. The summed E-state index contributed by atoms with van der Waals surface area (Å²) in [4.78, 5) is 262. The van der Waals surface area contributed by atoms with Crippen LogP contribution in [0.4, 0.5) is 16.2 Å². The van der Waals surface area contributed by atoms with Crippen molar-refractivity contribution in [3.8, 4) is 5.75 Å². The Kier molecular flexibility index (Phi) is 35.6. The molecule has 5 aliphatic carbocycles. The van der Waals surface area contributed by atoms with Gasteiger partial charge < -0.3 is 114 Å². The lowest BCUT2D eigenvalue weighted by Crippen LogP contribution is -2.63. The van der Waals surface area contributed by atoms with Crippen molar-refractivity contribution in [2.75, 3.05) is 173 Å². The number of allylic oxidation sites excluding steroid dienone is 5. The van der Waals surface area contributed by atoms with Gasteiger partial charge in [0.05, 0.1) is 82.5 Å². The average molecular weight is 1920 g/mol. The van der Waals surface area contributed by atoms with E-state index in [1.807, 2.05) is 19.1 Å². The molecule has 2 aromatic rings. The number of imide groups is 1. The third-order valence-electron chi connectivity index (χ3n) is 26.7. The van der Waals surface area contributed by atoms with Crippen LogP contribution in [-0.4, -0.2) is 410 Å².